The number of likely N-dealkylation sites (N-methyl/N-ethyl adjacent to an activating group) is 1. The van der Waals surface area contributed by atoms with E-state index in [1.807, 2.05) is 92.7 Å². The molecule has 1 N–H and O–H groups in total. The molecule has 2 amide bonds. The van der Waals surface area contributed by atoms with Gasteiger partial charge < -0.3 is 19.7 Å². The van der Waals surface area contributed by atoms with Crippen molar-refractivity contribution in [1.82, 2.24) is 10.2 Å². The van der Waals surface area contributed by atoms with Gasteiger partial charge in [-0.05, 0) is 49.2 Å². The number of methoxy groups -OCH3 is 1. The first-order valence-corrected chi connectivity index (χ1v) is 11.4. The third-order valence-electron chi connectivity index (χ3n) is 5.49. The van der Waals surface area contributed by atoms with Crippen molar-refractivity contribution < 1.29 is 19.1 Å². The fourth-order valence-electron chi connectivity index (χ4n) is 3.68. The Morgan fingerprint density at radius 2 is 1.62 bits per heavy atom. The molecule has 0 aliphatic carbocycles. The van der Waals surface area contributed by atoms with E-state index in [2.05, 4.69) is 5.32 Å². The Balaban J connectivity index is 1.89. The molecule has 3 aromatic carbocycles. The molecule has 0 heterocycles. The number of carbonyl (C=O) groups excluding carboxylic acids is 2. The minimum Gasteiger partial charge on any atom is -0.497 e. The largest absolute Gasteiger partial charge is 0.497 e. The number of rotatable bonds is 11. The summed E-state index contributed by atoms with van der Waals surface area (Å²) in [5.74, 6) is 0.838. The second-order valence-electron chi connectivity index (χ2n) is 8.07. The molecule has 6 heteroatoms. The molecule has 0 saturated heterocycles. The highest BCUT2D eigenvalue weighted by atomic mass is 16.5. The Kier molecular flexibility index (Phi) is 9.09. The SMILES string of the molecule is CCNC(=O)C(Cc1ccccc1)N(Cc1cccc(OC)c1)C(=O)COc1ccc(C)cc1. The molecule has 0 saturated carbocycles. The van der Waals surface area contributed by atoms with Gasteiger partial charge in [-0.25, -0.2) is 0 Å². The third kappa shape index (κ3) is 7.10. The maximum atomic E-state index is 13.5. The standard InChI is InChI=1S/C28H32N2O4/c1-4-29-28(32)26(18-22-9-6-5-7-10-22)30(19-23-11-8-12-25(17-23)33-3)27(31)20-34-24-15-13-21(2)14-16-24/h5-17,26H,4,18-20H2,1-3H3,(H,29,32). The minimum absolute atomic E-state index is 0.169. The molecule has 0 aliphatic rings. The summed E-state index contributed by atoms with van der Waals surface area (Å²) < 4.78 is 11.1. The number of nitrogens with one attached hydrogen (secondary N) is 1. The molecule has 3 rings (SSSR count). The van der Waals surface area contributed by atoms with Gasteiger partial charge in [0.15, 0.2) is 6.61 Å². The first kappa shape index (κ1) is 24.8. The van der Waals surface area contributed by atoms with Gasteiger partial charge in [0.2, 0.25) is 5.91 Å². The van der Waals surface area contributed by atoms with Crippen LogP contribution in [0.25, 0.3) is 0 Å². The van der Waals surface area contributed by atoms with Crippen molar-refractivity contribution >= 4 is 11.8 Å². The van der Waals surface area contributed by atoms with E-state index in [0.717, 1.165) is 16.7 Å². The van der Waals surface area contributed by atoms with Crippen LogP contribution in [0.5, 0.6) is 11.5 Å². The van der Waals surface area contributed by atoms with Crippen molar-refractivity contribution in [2.45, 2.75) is 32.9 Å². The Hall–Kier alpha value is -3.80. The maximum Gasteiger partial charge on any atom is 0.261 e. The molecule has 1 atom stereocenters. The molecule has 1 unspecified atom stereocenters. The summed E-state index contributed by atoms with van der Waals surface area (Å²) >= 11 is 0. The Bertz CT molecular complexity index is 1070. The summed E-state index contributed by atoms with van der Waals surface area (Å²) in [4.78, 5) is 28.2. The Morgan fingerprint density at radius 1 is 0.912 bits per heavy atom. The molecule has 0 spiro atoms. The molecular weight excluding hydrogens is 428 g/mol. The molecule has 0 radical (unpaired) electrons. The van der Waals surface area contributed by atoms with Crippen LogP contribution in [0.15, 0.2) is 78.9 Å². The second-order valence-corrected chi connectivity index (χ2v) is 8.07. The van der Waals surface area contributed by atoms with Crippen LogP contribution in [0.3, 0.4) is 0 Å². The normalized spacial score (nSPS) is 11.4. The highest BCUT2D eigenvalue weighted by molar-refractivity contribution is 5.88. The number of nitrogens with zero attached hydrogens (tertiary/aromatic N) is 1. The molecule has 178 valence electrons. The van der Waals surface area contributed by atoms with Crippen molar-refractivity contribution in [2.75, 3.05) is 20.3 Å². The number of aryl methyl sites for hydroxylation is 1. The smallest absolute Gasteiger partial charge is 0.261 e. The molecule has 6 nitrogen and oxygen atoms in total. The van der Waals surface area contributed by atoms with Crippen LogP contribution in [0.4, 0.5) is 0 Å². The van der Waals surface area contributed by atoms with E-state index in [9.17, 15) is 9.59 Å². The number of amides is 2. The highest BCUT2D eigenvalue weighted by Crippen LogP contribution is 2.19. The minimum atomic E-state index is -0.692. The van der Waals surface area contributed by atoms with Crippen LogP contribution in [0, 0.1) is 6.92 Å². The highest BCUT2D eigenvalue weighted by Gasteiger charge is 2.30. The number of hydrogen-bond acceptors (Lipinski definition) is 4. The summed E-state index contributed by atoms with van der Waals surface area (Å²) in [6.45, 7) is 4.42. The molecular formula is C28H32N2O4. The zero-order valence-corrected chi connectivity index (χ0v) is 20.0. The third-order valence-corrected chi connectivity index (χ3v) is 5.49. The average Bonchev–Trinajstić information content (AvgIpc) is 2.86. The van der Waals surface area contributed by atoms with Gasteiger partial charge in [-0.3, -0.25) is 9.59 Å². The lowest BCUT2D eigenvalue weighted by Gasteiger charge is -2.31. The van der Waals surface area contributed by atoms with Gasteiger partial charge in [-0.15, -0.1) is 0 Å². The fourth-order valence-corrected chi connectivity index (χ4v) is 3.68. The van der Waals surface area contributed by atoms with Crippen molar-refractivity contribution in [1.29, 1.82) is 0 Å². The summed E-state index contributed by atoms with van der Waals surface area (Å²) in [6, 6.07) is 24.1. The molecule has 0 aliphatic heterocycles. The van der Waals surface area contributed by atoms with Gasteiger partial charge in [-0.2, -0.15) is 0 Å². The number of ether oxygens (including phenoxy) is 2. The van der Waals surface area contributed by atoms with Crippen molar-refractivity contribution in [2.24, 2.45) is 0 Å². The predicted octanol–water partition coefficient (Wildman–Crippen LogP) is 4.16. The van der Waals surface area contributed by atoms with Crippen LogP contribution >= 0.6 is 0 Å². The summed E-state index contributed by atoms with van der Waals surface area (Å²) in [7, 11) is 1.60. The summed E-state index contributed by atoms with van der Waals surface area (Å²) in [6.07, 6.45) is 0.396. The lowest BCUT2D eigenvalue weighted by atomic mass is 10.0. The molecule has 0 bridgehead atoms. The lowest BCUT2D eigenvalue weighted by molar-refractivity contribution is -0.142. The monoisotopic (exact) mass is 460 g/mol. The van der Waals surface area contributed by atoms with Gasteiger partial charge in [0.1, 0.15) is 17.5 Å². The van der Waals surface area contributed by atoms with Gasteiger partial charge in [0.05, 0.1) is 7.11 Å². The van der Waals surface area contributed by atoms with E-state index in [-0.39, 0.29) is 25.0 Å². The van der Waals surface area contributed by atoms with Gasteiger partial charge in [0.25, 0.3) is 5.91 Å². The number of benzene rings is 3. The number of carbonyl (C=O) groups is 2. The quantitative estimate of drug-likeness (QED) is 0.467. The van der Waals surface area contributed by atoms with E-state index < -0.39 is 6.04 Å². The van der Waals surface area contributed by atoms with E-state index in [1.54, 1.807) is 12.0 Å². The molecule has 0 fully saturated rings. The van der Waals surface area contributed by atoms with Crippen molar-refractivity contribution in [3.63, 3.8) is 0 Å². The fraction of sp³-hybridized carbons (Fsp3) is 0.286. The van der Waals surface area contributed by atoms with Crippen LogP contribution in [0.2, 0.25) is 0 Å². The van der Waals surface area contributed by atoms with Crippen LogP contribution in [0.1, 0.15) is 23.6 Å². The first-order chi connectivity index (χ1) is 16.5. The topological polar surface area (TPSA) is 67.9 Å². The van der Waals surface area contributed by atoms with Crippen LogP contribution in [-0.4, -0.2) is 43.0 Å². The van der Waals surface area contributed by atoms with E-state index in [0.29, 0.717) is 24.5 Å². The zero-order valence-electron chi connectivity index (χ0n) is 20.0. The van der Waals surface area contributed by atoms with E-state index >= 15 is 0 Å². The van der Waals surface area contributed by atoms with Gasteiger partial charge in [-0.1, -0.05) is 60.2 Å². The summed E-state index contributed by atoms with van der Waals surface area (Å²) in [5.41, 5.74) is 2.95. The van der Waals surface area contributed by atoms with E-state index in [4.69, 9.17) is 9.47 Å². The molecule has 3 aromatic rings. The van der Waals surface area contributed by atoms with Gasteiger partial charge >= 0.3 is 0 Å². The maximum absolute atomic E-state index is 13.5. The molecule has 34 heavy (non-hydrogen) atoms. The lowest BCUT2D eigenvalue weighted by Crippen LogP contribution is -2.51. The van der Waals surface area contributed by atoms with Crippen LogP contribution < -0.4 is 14.8 Å². The zero-order chi connectivity index (χ0) is 24.3. The van der Waals surface area contributed by atoms with Gasteiger partial charge in [0, 0.05) is 19.5 Å². The predicted molar refractivity (Wildman–Crippen MR) is 133 cm³/mol. The summed E-state index contributed by atoms with van der Waals surface area (Å²) in [5, 5.41) is 2.89. The van der Waals surface area contributed by atoms with Crippen molar-refractivity contribution in [3.05, 3.63) is 95.6 Å². The number of hydrogen-bond donors (Lipinski definition) is 1. The Morgan fingerprint density at radius 3 is 2.29 bits per heavy atom. The second kappa shape index (κ2) is 12.4. The van der Waals surface area contributed by atoms with Crippen molar-refractivity contribution in [3.8, 4) is 11.5 Å². The van der Waals surface area contributed by atoms with E-state index in [1.165, 1.54) is 0 Å². The van der Waals surface area contributed by atoms with Crippen LogP contribution in [-0.2, 0) is 22.6 Å². The first-order valence-electron chi connectivity index (χ1n) is 11.4. The Labute approximate surface area is 201 Å². The molecule has 0 aromatic heterocycles. The average molecular weight is 461 g/mol.